The van der Waals surface area contributed by atoms with Gasteiger partial charge in [-0.2, -0.15) is 5.06 Å². The van der Waals surface area contributed by atoms with E-state index >= 15 is 0 Å². The number of nitrogens with zero attached hydrogens (tertiary/aromatic N) is 2. The molecule has 0 saturated carbocycles. The van der Waals surface area contributed by atoms with Crippen LogP contribution in [-0.2, 0) is 4.84 Å². The van der Waals surface area contributed by atoms with Gasteiger partial charge in [-0.25, -0.2) is 11.4 Å². The Hall–Kier alpha value is -0.590. The maximum atomic E-state index is 6.77. The van der Waals surface area contributed by atoms with Gasteiger partial charge in [0.05, 0.1) is 6.42 Å². The summed E-state index contributed by atoms with van der Waals surface area (Å²) in [5.41, 5.74) is 0.0272. The van der Waals surface area contributed by atoms with Crippen molar-refractivity contribution in [1.29, 1.82) is 0 Å². The molecule has 1 unspecified atom stereocenters. The molecule has 0 bridgehead atoms. The van der Waals surface area contributed by atoms with Crippen molar-refractivity contribution in [3.05, 3.63) is 11.4 Å². The van der Waals surface area contributed by atoms with Crippen molar-refractivity contribution < 1.29 is 4.84 Å². The first-order chi connectivity index (χ1) is 5.04. The van der Waals surface area contributed by atoms with Gasteiger partial charge in [0.2, 0.25) is 0 Å². The van der Waals surface area contributed by atoms with Crippen molar-refractivity contribution in [1.82, 2.24) is 5.06 Å². The zero-order valence-electron chi connectivity index (χ0n) is 7.29. The van der Waals surface area contributed by atoms with Gasteiger partial charge in [0.15, 0.2) is 0 Å². The molecule has 3 nitrogen and oxygen atoms in total. The van der Waals surface area contributed by atoms with E-state index in [2.05, 4.69) is 25.6 Å². The number of rotatable bonds is 0. The fourth-order valence-electron chi connectivity index (χ4n) is 1.06. The Balaban J connectivity index is 2.50. The molecule has 11 heavy (non-hydrogen) atoms. The third-order valence-corrected chi connectivity index (χ3v) is 1.72. The van der Waals surface area contributed by atoms with E-state index < -0.39 is 0 Å². The van der Waals surface area contributed by atoms with Gasteiger partial charge in [-0.1, -0.05) is 0 Å². The van der Waals surface area contributed by atoms with Crippen molar-refractivity contribution in [3.8, 4) is 0 Å². The fourth-order valence-corrected chi connectivity index (χ4v) is 1.06. The zero-order chi connectivity index (χ0) is 8.48. The highest BCUT2D eigenvalue weighted by molar-refractivity contribution is 4.80. The summed E-state index contributed by atoms with van der Waals surface area (Å²) >= 11 is 0. The van der Waals surface area contributed by atoms with Gasteiger partial charge < -0.3 is 0 Å². The molecule has 0 aliphatic carbocycles. The van der Waals surface area contributed by atoms with E-state index in [1.54, 1.807) is 0 Å². The van der Waals surface area contributed by atoms with Gasteiger partial charge >= 0.3 is 6.23 Å². The highest BCUT2D eigenvalue weighted by Gasteiger charge is 2.34. The Morgan fingerprint density at radius 2 is 2.18 bits per heavy atom. The summed E-state index contributed by atoms with van der Waals surface area (Å²) in [4.78, 5) is 8.69. The van der Waals surface area contributed by atoms with Crippen LogP contribution >= 0.6 is 0 Å². The van der Waals surface area contributed by atoms with Crippen molar-refractivity contribution >= 4 is 0 Å². The minimum absolute atomic E-state index is 0.0272. The molecule has 0 amide bonds. The predicted octanol–water partition coefficient (Wildman–Crippen LogP) is 1.67. The zero-order valence-corrected chi connectivity index (χ0v) is 7.29. The predicted molar refractivity (Wildman–Crippen MR) is 42.6 cm³/mol. The lowest BCUT2D eigenvalue weighted by Crippen LogP contribution is -2.38. The minimum Gasteiger partial charge on any atom is -0.281 e. The molecule has 1 atom stereocenters. The average molecular weight is 154 g/mol. The molecule has 3 heteroatoms. The number of hydrogen-bond donors (Lipinski definition) is 0. The van der Waals surface area contributed by atoms with Crippen molar-refractivity contribution in [3.63, 3.8) is 0 Å². The van der Waals surface area contributed by atoms with Gasteiger partial charge in [0.1, 0.15) is 0 Å². The van der Waals surface area contributed by atoms with Gasteiger partial charge in [-0.3, -0.25) is 4.85 Å². The van der Waals surface area contributed by atoms with Crippen LogP contribution in [0.15, 0.2) is 0 Å². The van der Waals surface area contributed by atoms with E-state index in [1.165, 1.54) is 0 Å². The summed E-state index contributed by atoms with van der Waals surface area (Å²) < 4.78 is 0. The van der Waals surface area contributed by atoms with Gasteiger partial charge in [-0.05, 0) is 20.8 Å². The molecule has 62 valence electrons. The molecule has 1 heterocycles. The molecule has 0 N–H and O–H groups in total. The van der Waals surface area contributed by atoms with Crippen molar-refractivity contribution in [2.24, 2.45) is 0 Å². The maximum Gasteiger partial charge on any atom is 0.344 e. The van der Waals surface area contributed by atoms with E-state index in [4.69, 9.17) is 11.4 Å². The second kappa shape index (κ2) is 2.80. The summed E-state index contributed by atoms with van der Waals surface area (Å²) in [6.07, 6.45) is 0.593. The fraction of sp³-hybridized carbons (Fsp3) is 0.875. The first-order valence-corrected chi connectivity index (χ1v) is 3.85. The van der Waals surface area contributed by atoms with E-state index in [0.29, 0.717) is 0 Å². The SMILES string of the molecule is [C-]#[N+]C1CCN(C(C)(C)C)O1. The molecule has 0 aromatic rings. The highest BCUT2D eigenvalue weighted by Crippen LogP contribution is 2.23. The molecule has 0 aromatic heterocycles. The molecule has 0 radical (unpaired) electrons. The Morgan fingerprint density at radius 1 is 1.55 bits per heavy atom. The van der Waals surface area contributed by atoms with Crippen LogP contribution in [0.3, 0.4) is 0 Å². The second-order valence-corrected chi connectivity index (χ2v) is 3.75. The topological polar surface area (TPSA) is 16.8 Å². The minimum atomic E-state index is -0.241. The largest absolute Gasteiger partial charge is 0.344 e. The molecular formula is C8H14N2O. The summed E-state index contributed by atoms with van der Waals surface area (Å²) in [7, 11) is 0. The maximum absolute atomic E-state index is 6.77. The molecule has 1 fully saturated rings. The Labute approximate surface area is 67.7 Å². The lowest BCUT2D eigenvalue weighted by atomic mass is 10.1. The van der Waals surface area contributed by atoms with Crippen molar-refractivity contribution in [2.75, 3.05) is 6.54 Å². The Kier molecular flexibility index (Phi) is 2.17. The third kappa shape index (κ3) is 1.92. The van der Waals surface area contributed by atoms with Crippen LogP contribution in [0.5, 0.6) is 0 Å². The van der Waals surface area contributed by atoms with E-state index in [9.17, 15) is 0 Å². The van der Waals surface area contributed by atoms with Crippen molar-refractivity contribution in [2.45, 2.75) is 39.0 Å². The summed E-state index contributed by atoms with van der Waals surface area (Å²) in [6.45, 7) is 13.9. The van der Waals surface area contributed by atoms with Crippen LogP contribution in [0, 0.1) is 6.57 Å². The summed E-state index contributed by atoms with van der Waals surface area (Å²) in [5.74, 6) is 0. The molecule has 1 rings (SSSR count). The highest BCUT2D eigenvalue weighted by atomic mass is 16.7. The molecule has 1 aliphatic heterocycles. The normalized spacial score (nSPS) is 26.9. The average Bonchev–Trinajstić information content (AvgIpc) is 2.32. The van der Waals surface area contributed by atoms with Gasteiger partial charge in [0, 0.05) is 12.1 Å². The summed E-state index contributed by atoms with van der Waals surface area (Å²) in [5, 5.41) is 1.88. The van der Waals surface area contributed by atoms with Crippen LogP contribution in [0.4, 0.5) is 0 Å². The molecule has 1 aliphatic rings. The summed E-state index contributed by atoms with van der Waals surface area (Å²) in [6, 6.07) is 0. The quantitative estimate of drug-likeness (QED) is 0.493. The van der Waals surface area contributed by atoms with E-state index in [0.717, 1.165) is 13.0 Å². The van der Waals surface area contributed by atoms with Crippen LogP contribution < -0.4 is 0 Å². The lowest BCUT2D eigenvalue weighted by molar-refractivity contribution is -0.184. The van der Waals surface area contributed by atoms with E-state index in [1.807, 2.05) is 5.06 Å². The number of hydrogen-bond acceptors (Lipinski definition) is 2. The molecule has 1 saturated heterocycles. The third-order valence-electron chi connectivity index (χ3n) is 1.72. The standard InChI is InChI=1S/C8H14N2O/c1-8(2,3)10-6-5-7(9-4)11-10/h7H,5-6H2,1-3H3. The number of hydroxylamine groups is 2. The molecule has 0 aromatic carbocycles. The lowest BCUT2D eigenvalue weighted by Gasteiger charge is -2.28. The molecular weight excluding hydrogens is 140 g/mol. The van der Waals surface area contributed by atoms with E-state index in [-0.39, 0.29) is 11.8 Å². The van der Waals surface area contributed by atoms with Gasteiger partial charge in [0.25, 0.3) is 0 Å². The smallest absolute Gasteiger partial charge is 0.281 e. The molecule has 0 spiro atoms. The van der Waals surface area contributed by atoms with Crippen LogP contribution in [0.1, 0.15) is 27.2 Å². The van der Waals surface area contributed by atoms with Crippen LogP contribution in [0.2, 0.25) is 0 Å². The Bertz CT molecular complexity index is 178. The van der Waals surface area contributed by atoms with Crippen LogP contribution in [-0.4, -0.2) is 23.4 Å². The van der Waals surface area contributed by atoms with Gasteiger partial charge in [-0.15, -0.1) is 0 Å². The first kappa shape index (κ1) is 8.51. The monoisotopic (exact) mass is 154 g/mol. The Morgan fingerprint density at radius 3 is 2.45 bits per heavy atom. The first-order valence-electron chi connectivity index (χ1n) is 3.85. The second-order valence-electron chi connectivity index (χ2n) is 3.75. The van der Waals surface area contributed by atoms with Crippen LogP contribution in [0.25, 0.3) is 4.85 Å².